The Morgan fingerprint density at radius 3 is 2.38 bits per heavy atom. The first-order valence-electron chi connectivity index (χ1n) is 11.7. The van der Waals surface area contributed by atoms with E-state index in [1.165, 1.54) is 30.6 Å². The van der Waals surface area contributed by atoms with Crippen LogP contribution in [0, 0.1) is 23.2 Å². The van der Waals surface area contributed by atoms with Crippen LogP contribution in [-0.4, -0.2) is 30.5 Å². The third kappa shape index (κ3) is 4.40. The lowest BCUT2D eigenvalue weighted by Crippen LogP contribution is -2.53. The fourth-order valence-corrected chi connectivity index (χ4v) is 7.17. The summed E-state index contributed by atoms with van der Waals surface area (Å²) < 4.78 is 5.18. The summed E-state index contributed by atoms with van der Waals surface area (Å²) in [6, 6.07) is 7.69. The normalized spacial score (nSPS) is 27.8. The van der Waals surface area contributed by atoms with Gasteiger partial charge in [-0.3, -0.25) is 9.59 Å². The van der Waals surface area contributed by atoms with Gasteiger partial charge in [0.15, 0.2) is 5.13 Å². The number of ether oxygens (including phenoxy) is 1. The van der Waals surface area contributed by atoms with Gasteiger partial charge in [-0.15, -0.1) is 11.3 Å². The van der Waals surface area contributed by atoms with Gasteiger partial charge in [0, 0.05) is 29.3 Å². The topological polar surface area (TPSA) is 80.3 Å². The van der Waals surface area contributed by atoms with Crippen LogP contribution in [0.3, 0.4) is 0 Å². The molecule has 0 unspecified atom stereocenters. The molecule has 170 valence electrons. The Labute approximate surface area is 193 Å². The van der Waals surface area contributed by atoms with Crippen LogP contribution in [0.1, 0.15) is 51.4 Å². The first-order chi connectivity index (χ1) is 15.5. The van der Waals surface area contributed by atoms with Crippen LogP contribution < -0.4 is 15.4 Å². The molecule has 0 radical (unpaired) electrons. The zero-order valence-corrected chi connectivity index (χ0v) is 19.4. The molecule has 2 N–H and O–H groups in total. The van der Waals surface area contributed by atoms with Gasteiger partial charge in [0.25, 0.3) is 0 Å². The molecule has 4 saturated carbocycles. The SMILES string of the molecule is COc1ccc(-c2csc(NC(=O)CCCNC(=O)C34CC5CC(CC(C5)C3)C4)n2)cc1. The molecular formula is C25H31N3O3S. The number of benzene rings is 1. The van der Waals surface area contributed by atoms with Gasteiger partial charge in [0.05, 0.1) is 12.8 Å². The zero-order chi connectivity index (χ0) is 22.1. The number of thiazole rings is 1. The number of amides is 2. The lowest BCUT2D eigenvalue weighted by molar-refractivity contribution is -0.146. The van der Waals surface area contributed by atoms with Crippen molar-refractivity contribution in [3.05, 3.63) is 29.6 Å². The summed E-state index contributed by atoms with van der Waals surface area (Å²) in [5.74, 6) is 3.26. The molecule has 0 atom stereocenters. The molecule has 6 nitrogen and oxygen atoms in total. The van der Waals surface area contributed by atoms with Crippen LogP contribution in [0.2, 0.25) is 0 Å². The van der Waals surface area contributed by atoms with E-state index >= 15 is 0 Å². The summed E-state index contributed by atoms with van der Waals surface area (Å²) in [6.45, 7) is 0.559. The summed E-state index contributed by atoms with van der Waals surface area (Å²) in [5, 5.41) is 8.56. The Morgan fingerprint density at radius 1 is 1.09 bits per heavy atom. The number of nitrogens with one attached hydrogen (secondary N) is 2. The third-order valence-corrected chi connectivity index (χ3v) is 8.28. The first kappa shape index (κ1) is 21.4. The largest absolute Gasteiger partial charge is 0.497 e. The van der Waals surface area contributed by atoms with E-state index < -0.39 is 0 Å². The quantitative estimate of drug-likeness (QED) is 0.559. The maximum atomic E-state index is 13.0. The van der Waals surface area contributed by atoms with Crippen molar-refractivity contribution < 1.29 is 14.3 Å². The molecule has 32 heavy (non-hydrogen) atoms. The van der Waals surface area contributed by atoms with E-state index in [1.54, 1.807) is 7.11 Å². The summed E-state index contributed by atoms with van der Waals surface area (Å²) in [7, 11) is 1.64. The minimum Gasteiger partial charge on any atom is -0.497 e. The molecule has 1 heterocycles. The molecule has 0 aliphatic heterocycles. The number of methoxy groups -OCH3 is 1. The molecule has 6 rings (SSSR count). The number of carbonyl (C=O) groups excluding carboxylic acids is 2. The highest BCUT2D eigenvalue weighted by Gasteiger charge is 2.54. The lowest BCUT2D eigenvalue weighted by atomic mass is 9.49. The van der Waals surface area contributed by atoms with E-state index in [1.807, 2.05) is 29.6 Å². The van der Waals surface area contributed by atoms with E-state index in [9.17, 15) is 9.59 Å². The number of hydrogen-bond donors (Lipinski definition) is 2. The van der Waals surface area contributed by atoms with Crippen LogP contribution in [0.5, 0.6) is 5.75 Å². The monoisotopic (exact) mass is 453 g/mol. The van der Waals surface area contributed by atoms with Gasteiger partial charge >= 0.3 is 0 Å². The van der Waals surface area contributed by atoms with Gasteiger partial charge in [-0.25, -0.2) is 4.98 Å². The van der Waals surface area contributed by atoms with Crippen molar-refractivity contribution in [2.75, 3.05) is 19.0 Å². The summed E-state index contributed by atoms with van der Waals surface area (Å²) in [5.41, 5.74) is 1.70. The Bertz CT molecular complexity index is 949. The van der Waals surface area contributed by atoms with Crippen molar-refractivity contribution in [2.45, 2.75) is 51.4 Å². The maximum absolute atomic E-state index is 13.0. The molecule has 4 aliphatic rings. The van der Waals surface area contributed by atoms with Crippen LogP contribution in [0.25, 0.3) is 11.3 Å². The zero-order valence-electron chi connectivity index (χ0n) is 18.6. The smallest absolute Gasteiger partial charge is 0.226 e. The highest BCUT2D eigenvalue weighted by Crippen LogP contribution is 2.60. The van der Waals surface area contributed by atoms with Crippen LogP contribution in [-0.2, 0) is 9.59 Å². The van der Waals surface area contributed by atoms with E-state index in [2.05, 4.69) is 15.6 Å². The second-order valence-electron chi connectivity index (χ2n) is 9.87. The minimum atomic E-state index is -0.115. The molecule has 0 spiro atoms. The molecule has 4 fully saturated rings. The van der Waals surface area contributed by atoms with Crippen LogP contribution in [0.15, 0.2) is 29.6 Å². The second-order valence-corrected chi connectivity index (χ2v) is 10.7. The number of anilines is 1. The highest BCUT2D eigenvalue weighted by molar-refractivity contribution is 7.14. The standard InChI is InChI=1S/C25H31N3O3S/c1-31-20-6-4-19(5-7-20)21-15-32-24(27-21)28-22(29)3-2-8-26-23(30)25-12-16-9-17(13-25)11-18(10-16)14-25/h4-7,15-18H,2-3,8-14H2,1H3,(H,26,30)(H,27,28,29). The Kier molecular flexibility index (Phi) is 5.93. The molecule has 4 aliphatic carbocycles. The number of nitrogens with zero attached hydrogens (tertiary/aromatic N) is 1. The number of carbonyl (C=O) groups is 2. The summed E-state index contributed by atoms with van der Waals surface area (Å²) in [4.78, 5) is 29.8. The molecule has 4 bridgehead atoms. The predicted octanol–water partition coefficient (Wildman–Crippen LogP) is 4.87. The molecule has 1 aromatic carbocycles. The lowest BCUT2D eigenvalue weighted by Gasteiger charge is -2.55. The van der Waals surface area contributed by atoms with E-state index in [0.29, 0.717) is 24.5 Å². The Balaban J connectivity index is 1.06. The fourth-order valence-electron chi connectivity index (χ4n) is 6.43. The van der Waals surface area contributed by atoms with Gasteiger partial charge in [0.2, 0.25) is 11.8 Å². The second kappa shape index (κ2) is 8.85. The van der Waals surface area contributed by atoms with E-state index in [0.717, 1.165) is 54.0 Å². The van der Waals surface area contributed by atoms with Crippen molar-refractivity contribution in [2.24, 2.45) is 23.2 Å². The number of hydrogen-bond acceptors (Lipinski definition) is 5. The Morgan fingerprint density at radius 2 is 1.75 bits per heavy atom. The van der Waals surface area contributed by atoms with Gasteiger partial charge < -0.3 is 15.4 Å². The van der Waals surface area contributed by atoms with Crippen molar-refractivity contribution in [1.82, 2.24) is 10.3 Å². The van der Waals surface area contributed by atoms with Gasteiger partial charge in [-0.1, -0.05) is 0 Å². The van der Waals surface area contributed by atoms with Crippen LogP contribution >= 0.6 is 11.3 Å². The van der Waals surface area contributed by atoms with Crippen molar-refractivity contribution in [3.8, 4) is 17.0 Å². The first-order valence-corrected chi connectivity index (χ1v) is 12.6. The molecule has 0 saturated heterocycles. The van der Waals surface area contributed by atoms with Gasteiger partial charge in [-0.05, 0) is 87.0 Å². The van der Waals surface area contributed by atoms with Crippen molar-refractivity contribution in [3.63, 3.8) is 0 Å². The summed E-state index contributed by atoms with van der Waals surface area (Å²) >= 11 is 1.41. The average Bonchev–Trinajstić information content (AvgIpc) is 3.24. The average molecular weight is 454 g/mol. The third-order valence-electron chi connectivity index (χ3n) is 7.52. The molecule has 2 aromatic rings. The summed E-state index contributed by atoms with van der Waals surface area (Å²) in [6.07, 6.45) is 8.25. The maximum Gasteiger partial charge on any atom is 0.226 e. The van der Waals surface area contributed by atoms with Crippen molar-refractivity contribution in [1.29, 1.82) is 0 Å². The van der Waals surface area contributed by atoms with E-state index in [-0.39, 0.29) is 17.2 Å². The van der Waals surface area contributed by atoms with Crippen LogP contribution in [0.4, 0.5) is 5.13 Å². The highest BCUT2D eigenvalue weighted by atomic mass is 32.1. The number of rotatable bonds is 8. The molecule has 2 amide bonds. The van der Waals surface area contributed by atoms with E-state index in [4.69, 9.17) is 4.74 Å². The fraction of sp³-hybridized carbons (Fsp3) is 0.560. The van der Waals surface area contributed by atoms with Crippen molar-refractivity contribution >= 4 is 28.3 Å². The van der Waals surface area contributed by atoms with Gasteiger partial charge in [-0.2, -0.15) is 0 Å². The van der Waals surface area contributed by atoms with Gasteiger partial charge in [0.1, 0.15) is 5.75 Å². The Hall–Kier alpha value is -2.41. The minimum absolute atomic E-state index is 0.0651. The molecule has 7 heteroatoms. The predicted molar refractivity (Wildman–Crippen MR) is 126 cm³/mol. The number of aromatic nitrogens is 1. The molecular weight excluding hydrogens is 422 g/mol. The molecule has 1 aromatic heterocycles.